The van der Waals surface area contributed by atoms with E-state index in [4.69, 9.17) is 4.42 Å². The molecule has 0 aliphatic carbocycles. The van der Waals surface area contributed by atoms with Gasteiger partial charge in [0.2, 0.25) is 0 Å². The van der Waals surface area contributed by atoms with Gasteiger partial charge in [0.25, 0.3) is 5.22 Å². The minimum atomic E-state index is 0.595. The van der Waals surface area contributed by atoms with Gasteiger partial charge in [-0.1, -0.05) is 0 Å². The Balaban J connectivity index is 2.19. The number of aryl methyl sites for hydroxylation is 1. The SMILES string of the molecule is Cc1cc(Sc2ncco2)ncn1. The average molecular weight is 193 g/mol. The molecule has 0 fully saturated rings. The van der Waals surface area contributed by atoms with E-state index in [0.717, 1.165) is 10.7 Å². The van der Waals surface area contributed by atoms with Gasteiger partial charge < -0.3 is 4.42 Å². The standard InChI is InChI=1S/C8H7N3OS/c1-6-4-7(11-5-10-6)13-8-9-2-3-12-8/h2-5H,1H3. The zero-order chi connectivity index (χ0) is 9.10. The van der Waals surface area contributed by atoms with Crippen molar-refractivity contribution in [2.24, 2.45) is 0 Å². The minimum absolute atomic E-state index is 0.595. The van der Waals surface area contributed by atoms with Gasteiger partial charge in [-0.25, -0.2) is 15.0 Å². The van der Waals surface area contributed by atoms with Crippen molar-refractivity contribution in [3.8, 4) is 0 Å². The highest BCUT2D eigenvalue weighted by atomic mass is 32.2. The van der Waals surface area contributed by atoms with Crippen LogP contribution in [0.2, 0.25) is 0 Å². The Hall–Kier alpha value is -1.36. The second-order valence-electron chi connectivity index (χ2n) is 2.40. The van der Waals surface area contributed by atoms with Gasteiger partial charge in [-0.15, -0.1) is 0 Å². The highest BCUT2D eigenvalue weighted by molar-refractivity contribution is 7.99. The van der Waals surface area contributed by atoms with Crippen LogP contribution in [-0.4, -0.2) is 15.0 Å². The Morgan fingerprint density at radius 3 is 2.92 bits per heavy atom. The van der Waals surface area contributed by atoms with Crippen LogP contribution in [0.3, 0.4) is 0 Å². The van der Waals surface area contributed by atoms with Crippen LogP contribution in [0.25, 0.3) is 0 Å². The van der Waals surface area contributed by atoms with E-state index in [-0.39, 0.29) is 0 Å². The summed E-state index contributed by atoms with van der Waals surface area (Å²) in [5.41, 5.74) is 0.934. The van der Waals surface area contributed by atoms with Crippen LogP contribution in [-0.2, 0) is 0 Å². The Kier molecular flexibility index (Phi) is 2.27. The maximum Gasteiger partial charge on any atom is 0.261 e. The molecule has 2 aromatic rings. The van der Waals surface area contributed by atoms with E-state index in [1.165, 1.54) is 24.4 Å². The molecule has 2 heterocycles. The van der Waals surface area contributed by atoms with Crippen LogP contribution in [0.4, 0.5) is 0 Å². The molecule has 4 nitrogen and oxygen atoms in total. The number of rotatable bonds is 2. The van der Waals surface area contributed by atoms with Gasteiger partial charge in [0, 0.05) is 5.69 Å². The van der Waals surface area contributed by atoms with Crippen molar-refractivity contribution in [3.05, 3.63) is 30.5 Å². The summed E-state index contributed by atoms with van der Waals surface area (Å²) in [7, 11) is 0. The van der Waals surface area contributed by atoms with Gasteiger partial charge in [0.05, 0.1) is 6.20 Å². The lowest BCUT2D eigenvalue weighted by Crippen LogP contribution is -1.85. The molecule has 0 saturated heterocycles. The van der Waals surface area contributed by atoms with Crippen molar-refractivity contribution in [2.75, 3.05) is 0 Å². The monoisotopic (exact) mass is 193 g/mol. The van der Waals surface area contributed by atoms with E-state index < -0.39 is 0 Å². The highest BCUT2D eigenvalue weighted by Crippen LogP contribution is 2.23. The summed E-state index contributed by atoms with van der Waals surface area (Å²) in [5.74, 6) is 0. The molecule has 66 valence electrons. The van der Waals surface area contributed by atoms with Gasteiger partial charge in [0.1, 0.15) is 17.6 Å². The molecule has 5 heteroatoms. The maximum atomic E-state index is 5.07. The van der Waals surface area contributed by atoms with Crippen molar-refractivity contribution < 1.29 is 4.42 Å². The molecule has 0 amide bonds. The lowest BCUT2D eigenvalue weighted by molar-refractivity contribution is 0.454. The molecule has 2 rings (SSSR count). The number of hydrogen-bond acceptors (Lipinski definition) is 5. The fraction of sp³-hybridized carbons (Fsp3) is 0.125. The van der Waals surface area contributed by atoms with Crippen LogP contribution < -0.4 is 0 Å². The lowest BCUT2D eigenvalue weighted by Gasteiger charge is -1.95. The van der Waals surface area contributed by atoms with Crippen molar-refractivity contribution >= 4 is 11.8 Å². The summed E-state index contributed by atoms with van der Waals surface area (Å²) in [4.78, 5) is 12.0. The summed E-state index contributed by atoms with van der Waals surface area (Å²) >= 11 is 1.38. The van der Waals surface area contributed by atoms with Crippen LogP contribution in [0.1, 0.15) is 5.69 Å². The molecule has 0 N–H and O–H groups in total. The fourth-order valence-corrected chi connectivity index (χ4v) is 1.56. The average Bonchev–Trinajstić information content (AvgIpc) is 2.57. The van der Waals surface area contributed by atoms with Crippen molar-refractivity contribution in [3.63, 3.8) is 0 Å². The summed E-state index contributed by atoms with van der Waals surface area (Å²) < 4.78 is 5.07. The van der Waals surface area contributed by atoms with Gasteiger partial charge >= 0.3 is 0 Å². The molecule has 0 radical (unpaired) electrons. The molecule has 0 aliphatic heterocycles. The third kappa shape index (κ3) is 2.06. The van der Waals surface area contributed by atoms with Crippen LogP contribution in [0, 0.1) is 6.92 Å². The quantitative estimate of drug-likeness (QED) is 0.682. The Morgan fingerprint density at radius 1 is 1.31 bits per heavy atom. The van der Waals surface area contributed by atoms with Crippen molar-refractivity contribution in [1.29, 1.82) is 0 Å². The van der Waals surface area contributed by atoms with E-state index in [9.17, 15) is 0 Å². The summed E-state index contributed by atoms with van der Waals surface area (Å²) in [6, 6.07) is 1.88. The molecule has 0 saturated carbocycles. The number of oxazole rings is 1. The largest absolute Gasteiger partial charge is 0.440 e. The van der Waals surface area contributed by atoms with E-state index in [0.29, 0.717) is 5.22 Å². The predicted molar refractivity (Wildman–Crippen MR) is 47.4 cm³/mol. The van der Waals surface area contributed by atoms with Crippen molar-refractivity contribution in [2.45, 2.75) is 17.2 Å². The maximum absolute atomic E-state index is 5.07. The molecule has 0 aliphatic rings. The molecular weight excluding hydrogens is 186 g/mol. The first-order valence-corrected chi connectivity index (χ1v) is 4.52. The van der Waals surface area contributed by atoms with Crippen LogP contribution >= 0.6 is 11.8 Å². The van der Waals surface area contributed by atoms with Crippen LogP contribution in [0.15, 0.2) is 39.5 Å². The zero-order valence-corrected chi connectivity index (χ0v) is 7.78. The third-order valence-corrected chi connectivity index (χ3v) is 2.19. The van der Waals surface area contributed by atoms with E-state index in [2.05, 4.69) is 15.0 Å². The van der Waals surface area contributed by atoms with E-state index >= 15 is 0 Å². The highest BCUT2D eigenvalue weighted by Gasteiger charge is 2.02. The summed E-state index contributed by atoms with van der Waals surface area (Å²) in [5, 5.41) is 1.44. The first kappa shape index (κ1) is 8.25. The van der Waals surface area contributed by atoms with Crippen molar-refractivity contribution in [1.82, 2.24) is 15.0 Å². The Labute approximate surface area is 79.4 Å². The van der Waals surface area contributed by atoms with Gasteiger partial charge in [-0.2, -0.15) is 0 Å². The molecule has 13 heavy (non-hydrogen) atoms. The lowest BCUT2D eigenvalue weighted by atomic mass is 10.5. The molecule has 0 atom stereocenters. The molecule has 0 spiro atoms. The first-order valence-electron chi connectivity index (χ1n) is 3.70. The summed E-state index contributed by atoms with van der Waals surface area (Å²) in [6.07, 6.45) is 4.67. The molecule has 2 aromatic heterocycles. The number of hydrogen-bond donors (Lipinski definition) is 0. The van der Waals surface area contributed by atoms with E-state index in [1.54, 1.807) is 6.20 Å². The zero-order valence-electron chi connectivity index (χ0n) is 6.97. The Bertz CT molecular complexity index is 388. The topological polar surface area (TPSA) is 51.8 Å². The first-order chi connectivity index (χ1) is 6.34. The smallest absolute Gasteiger partial charge is 0.261 e. The minimum Gasteiger partial charge on any atom is -0.440 e. The second-order valence-corrected chi connectivity index (χ2v) is 3.37. The fourth-order valence-electron chi connectivity index (χ4n) is 0.836. The molecule has 0 aromatic carbocycles. The third-order valence-electron chi connectivity index (χ3n) is 1.38. The van der Waals surface area contributed by atoms with Gasteiger partial charge in [-0.3, -0.25) is 0 Å². The molecular formula is C8H7N3OS. The molecule has 0 unspecified atom stereocenters. The molecule has 0 bridgehead atoms. The normalized spacial score (nSPS) is 10.2. The predicted octanol–water partition coefficient (Wildman–Crippen LogP) is 1.92. The summed E-state index contributed by atoms with van der Waals surface area (Å²) in [6.45, 7) is 1.92. The number of nitrogens with zero attached hydrogens (tertiary/aromatic N) is 3. The van der Waals surface area contributed by atoms with Gasteiger partial charge in [0.15, 0.2) is 0 Å². The second kappa shape index (κ2) is 3.57. The Morgan fingerprint density at radius 2 is 2.23 bits per heavy atom. The number of aromatic nitrogens is 3. The van der Waals surface area contributed by atoms with Crippen LogP contribution in [0.5, 0.6) is 0 Å². The van der Waals surface area contributed by atoms with E-state index in [1.807, 2.05) is 13.0 Å². The van der Waals surface area contributed by atoms with Gasteiger partial charge in [-0.05, 0) is 24.8 Å².